The maximum Gasteiger partial charge on any atom is 0.221 e. The molecule has 1 aliphatic heterocycles. The molecule has 0 spiro atoms. The molecule has 1 saturated heterocycles. The van der Waals surface area contributed by atoms with Crippen molar-refractivity contribution in [1.82, 2.24) is 4.90 Å². The maximum absolute atomic E-state index is 11.1. The van der Waals surface area contributed by atoms with Gasteiger partial charge in [0.15, 0.2) is 0 Å². The highest BCUT2D eigenvalue weighted by Gasteiger charge is 2.23. The van der Waals surface area contributed by atoms with Crippen LogP contribution >= 0.6 is 0 Å². The Labute approximate surface area is 98.4 Å². The quantitative estimate of drug-likeness (QED) is 0.564. The first-order chi connectivity index (χ1) is 7.74. The van der Waals surface area contributed by atoms with Crippen LogP contribution in [0.25, 0.3) is 0 Å². The molecule has 0 aromatic carbocycles. The van der Waals surface area contributed by atoms with Crippen LogP contribution in [0.4, 0.5) is 0 Å². The highest BCUT2D eigenvalue weighted by Crippen LogP contribution is 2.16. The molecule has 1 amide bonds. The largest absolute Gasteiger partial charge is 0.369 e. The highest BCUT2D eigenvalue weighted by atomic mass is 16.1. The van der Waals surface area contributed by atoms with E-state index in [2.05, 4.69) is 16.7 Å². The lowest BCUT2D eigenvalue weighted by atomic mass is 9.97. The molecule has 0 radical (unpaired) electrons. The van der Waals surface area contributed by atoms with E-state index < -0.39 is 0 Å². The van der Waals surface area contributed by atoms with E-state index in [1.807, 2.05) is 6.92 Å². The smallest absolute Gasteiger partial charge is 0.221 e. The zero-order chi connectivity index (χ0) is 11.8. The fourth-order valence-corrected chi connectivity index (χ4v) is 2.16. The number of primary amides is 1. The normalized spacial score (nSPS) is 21.2. The van der Waals surface area contributed by atoms with E-state index in [1.165, 1.54) is 6.42 Å². The van der Waals surface area contributed by atoms with Crippen molar-refractivity contribution < 1.29 is 4.79 Å². The second-order valence-electron chi connectivity index (χ2n) is 4.43. The van der Waals surface area contributed by atoms with E-state index in [9.17, 15) is 4.79 Å². The van der Waals surface area contributed by atoms with Gasteiger partial charge in [0.1, 0.15) is 0 Å². The lowest BCUT2D eigenvalue weighted by molar-refractivity contribution is -0.123. The number of nitrogens with zero attached hydrogens (tertiary/aromatic N) is 1. The number of rotatable bonds is 5. The molecule has 0 saturated carbocycles. The number of amides is 1. The Kier molecular flexibility index (Phi) is 5.95. The van der Waals surface area contributed by atoms with Crippen LogP contribution < -0.4 is 5.73 Å². The van der Waals surface area contributed by atoms with Crippen molar-refractivity contribution in [3.8, 4) is 11.8 Å². The molecule has 1 fully saturated rings. The van der Waals surface area contributed by atoms with E-state index in [1.54, 1.807) is 0 Å². The number of unbranched alkanes of at least 4 members (excludes halogenated alkanes) is 2. The molecule has 1 aliphatic rings. The van der Waals surface area contributed by atoms with Gasteiger partial charge in [-0.15, -0.1) is 11.8 Å². The standard InChI is InChI=1S/C13H22N2O/c1-2-3-4-5-6-9-15-10-7-8-12(11-15)13(14)16/h12H,4-11H2,1H3,(H2,14,16)/t12-/m1/s1. The van der Waals surface area contributed by atoms with E-state index >= 15 is 0 Å². The molecule has 90 valence electrons. The first-order valence-electron chi connectivity index (χ1n) is 6.15. The fraction of sp³-hybridized carbons (Fsp3) is 0.769. The Hall–Kier alpha value is -1.01. The Bertz CT molecular complexity index is 277. The highest BCUT2D eigenvalue weighted by molar-refractivity contribution is 5.76. The third-order valence-electron chi connectivity index (χ3n) is 3.11. The molecule has 0 aromatic heterocycles. The van der Waals surface area contributed by atoms with E-state index in [0.29, 0.717) is 0 Å². The SMILES string of the molecule is CC#CCCCCN1CCC[C@@H](C(N)=O)C1. The zero-order valence-corrected chi connectivity index (χ0v) is 10.2. The summed E-state index contributed by atoms with van der Waals surface area (Å²) in [5.74, 6) is 5.91. The number of nitrogens with two attached hydrogens (primary N) is 1. The minimum atomic E-state index is -0.137. The monoisotopic (exact) mass is 222 g/mol. The molecule has 1 rings (SSSR count). The van der Waals surface area contributed by atoms with Gasteiger partial charge in [-0.2, -0.15) is 0 Å². The van der Waals surface area contributed by atoms with Crippen molar-refractivity contribution in [2.45, 2.75) is 39.0 Å². The van der Waals surface area contributed by atoms with Gasteiger partial charge in [-0.1, -0.05) is 0 Å². The van der Waals surface area contributed by atoms with Crippen LogP contribution in [-0.4, -0.2) is 30.4 Å². The first-order valence-corrected chi connectivity index (χ1v) is 6.15. The second-order valence-corrected chi connectivity index (χ2v) is 4.43. The number of carbonyl (C=O) groups excluding carboxylic acids is 1. The van der Waals surface area contributed by atoms with Crippen LogP contribution in [0.2, 0.25) is 0 Å². The van der Waals surface area contributed by atoms with Crippen molar-refractivity contribution in [3.05, 3.63) is 0 Å². The number of likely N-dealkylation sites (tertiary alicyclic amines) is 1. The van der Waals surface area contributed by atoms with Crippen LogP contribution in [0.5, 0.6) is 0 Å². The van der Waals surface area contributed by atoms with Crippen molar-refractivity contribution >= 4 is 5.91 Å². The Morgan fingerprint density at radius 3 is 3.00 bits per heavy atom. The summed E-state index contributed by atoms with van der Waals surface area (Å²) in [6.07, 6.45) is 5.37. The summed E-state index contributed by atoms with van der Waals surface area (Å²) in [5.41, 5.74) is 5.34. The molecule has 0 aliphatic carbocycles. The first kappa shape index (κ1) is 13.1. The van der Waals surface area contributed by atoms with Crippen LogP contribution in [0.3, 0.4) is 0 Å². The van der Waals surface area contributed by atoms with Crippen LogP contribution in [0.15, 0.2) is 0 Å². The fourth-order valence-electron chi connectivity index (χ4n) is 2.16. The summed E-state index contributed by atoms with van der Waals surface area (Å²) in [7, 11) is 0. The Morgan fingerprint density at radius 1 is 1.50 bits per heavy atom. The third kappa shape index (κ3) is 4.67. The minimum Gasteiger partial charge on any atom is -0.369 e. The van der Waals surface area contributed by atoms with Crippen molar-refractivity contribution in [2.75, 3.05) is 19.6 Å². The molecule has 2 N–H and O–H groups in total. The number of hydrogen-bond donors (Lipinski definition) is 1. The van der Waals surface area contributed by atoms with Gasteiger partial charge in [0, 0.05) is 13.0 Å². The average molecular weight is 222 g/mol. The third-order valence-corrected chi connectivity index (χ3v) is 3.11. The molecule has 16 heavy (non-hydrogen) atoms. The van der Waals surface area contributed by atoms with Crippen LogP contribution in [0, 0.1) is 17.8 Å². The van der Waals surface area contributed by atoms with Crippen molar-refractivity contribution in [1.29, 1.82) is 0 Å². The van der Waals surface area contributed by atoms with E-state index in [0.717, 1.165) is 45.3 Å². The molecule has 1 heterocycles. The van der Waals surface area contributed by atoms with Gasteiger partial charge in [-0.3, -0.25) is 4.79 Å². The summed E-state index contributed by atoms with van der Waals surface area (Å²) in [6.45, 7) is 4.93. The molecule has 0 aromatic rings. The van der Waals surface area contributed by atoms with Gasteiger partial charge in [0.2, 0.25) is 5.91 Å². The maximum atomic E-state index is 11.1. The molecule has 3 nitrogen and oxygen atoms in total. The van der Waals surface area contributed by atoms with Gasteiger partial charge in [-0.25, -0.2) is 0 Å². The Morgan fingerprint density at radius 2 is 2.31 bits per heavy atom. The number of hydrogen-bond acceptors (Lipinski definition) is 2. The van der Waals surface area contributed by atoms with Gasteiger partial charge < -0.3 is 10.6 Å². The van der Waals surface area contributed by atoms with Gasteiger partial charge >= 0.3 is 0 Å². The summed E-state index contributed by atoms with van der Waals surface area (Å²) >= 11 is 0. The minimum absolute atomic E-state index is 0.0733. The van der Waals surface area contributed by atoms with Gasteiger partial charge in [0.25, 0.3) is 0 Å². The van der Waals surface area contributed by atoms with Crippen LogP contribution in [0.1, 0.15) is 39.0 Å². The second kappa shape index (κ2) is 7.29. The molecular weight excluding hydrogens is 200 g/mol. The summed E-state index contributed by atoms with van der Waals surface area (Å²) in [6, 6.07) is 0. The van der Waals surface area contributed by atoms with Crippen molar-refractivity contribution in [2.24, 2.45) is 11.7 Å². The summed E-state index contributed by atoms with van der Waals surface area (Å²) in [4.78, 5) is 13.5. The topological polar surface area (TPSA) is 46.3 Å². The summed E-state index contributed by atoms with van der Waals surface area (Å²) < 4.78 is 0. The molecule has 1 atom stereocenters. The summed E-state index contributed by atoms with van der Waals surface area (Å²) in [5, 5.41) is 0. The molecular formula is C13H22N2O. The van der Waals surface area contributed by atoms with Crippen LogP contribution in [-0.2, 0) is 4.79 Å². The average Bonchev–Trinajstić information content (AvgIpc) is 2.29. The molecule has 0 unspecified atom stereocenters. The van der Waals surface area contributed by atoms with Gasteiger partial charge in [0.05, 0.1) is 5.92 Å². The van der Waals surface area contributed by atoms with Gasteiger partial charge in [-0.05, 0) is 45.7 Å². The number of piperidine rings is 1. The van der Waals surface area contributed by atoms with Crippen molar-refractivity contribution in [3.63, 3.8) is 0 Å². The lowest BCUT2D eigenvalue weighted by Gasteiger charge is -2.30. The van der Waals surface area contributed by atoms with E-state index in [4.69, 9.17) is 5.73 Å². The predicted molar refractivity (Wildman–Crippen MR) is 65.7 cm³/mol. The Balaban J connectivity index is 2.16. The zero-order valence-electron chi connectivity index (χ0n) is 10.2. The molecule has 0 bridgehead atoms. The lowest BCUT2D eigenvalue weighted by Crippen LogP contribution is -2.41. The predicted octanol–water partition coefficient (Wildman–Crippen LogP) is 1.38. The van der Waals surface area contributed by atoms with E-state index in [-0.39, 0.29) is 11.8 Å². The number of carbonyl (C=O) groups is 1. The molecule has 3 heteroatoms.